The van der Waals surface area contributed by atoms with Crippen LogP contribution in [0, 0.1) is 5.82 Å². The highest BCUT2D eigenvalue weighted by atomic mass is 19.1. The molecule has 1 aliphatic carbocycles. The molecule has 0 fully saturated rings. The predicted octanol–water partition coefficient (Wildman–Crippen LogP) is 2.88. The summed E-state index contributed by atoms with van der Waals surface area (Å²) in [6.07, 6.45) is 1.81. The Hall–Kier alpha value is -1.68. The highest BCUT2D eigenvalue weighted by Crippen LogP contribution is 2.38. The summed E-state index contributed by atoms with van der Waals surface area (Å²) in [5, 5.41) is 7.41. The Balaban J connectivity index is 1.88. The van der Waals surface area contributed by atoms with Crippen LogP contribution in [0.15, 0.2) is 22.7 Å². The SMILES string of the molecule is CCCNCc1noc2c1Cc1cc(F)ccc1-2. The van der Waals surface area contributed by atoms with E-state index < -0.39 is 0 Å². The first kappa shape index (κ1) is 11.4. The predicted molar refractivity (Wildman–Crippen MR) is 66.7 cm³/mol. The topological polar surface area (TPSA) is 38.1 Å². The van der Waals surface area contributed by atoms with Gasteiger partial charge >= 0.3 is 0 Å². The molecular formula is C14H15FN2O. The minimum atomic E-state index is -0.197. The molecule has 1 aliphatic rings. The maximum absolute atomic E-state index is 13.2. The lowest BCUT2D eigenvalue weighted by molar-refractivity contribution is 0.420. The van der Waals surface area contributed by atoms with Gasteiger partial charge in [-0.25, -0.2) is 4.39 Å². The number of rotatable bonds is 4. The summed E-state index contributed by atoms with van der Waals surface area (Å²) in [7, 11) is 0. The Labute approximate surface area is 105 Å². The lowest BCUT2D eigenvalue weighted by Crippen LogP contribution is -2.15. The molecule has 0 amide bonds. The van der Waals surface area contributed by atoms with Crippen molar-refractivity contribution in [3.63, 3.8) is 0 Å². The standard InChI is InChI=1S/C14H15FN2O/c1-2-5-16-8-13-12-7-9-6-10(15)3-4-11(9)14(12)18-17-13/h3-4,6,16H,2,5,7-8H2,1H3. The molecule has 0 aliphatic heterocycles. The number of halogens is 1. The Morgan fingerprint density at radius 1 is 1.44 bits per heavy atom. The van der Waals surface area contributed by atoms with Crippen LogP contribution < -0.4 is 5.32 Å². The largest absolute Gasteiger partial charge is 0.356 e. The first-order valence-electron chi connectivity index (χ1n) is 6.26. The normalized spacial score (nSPS) is 12.6. The van der Waals surface area contributed by atoms with Gasteiger partial charge in [-0.05, 0) is 36.7 Å². The highest BCUT2D eigenvalue weighted by Gasteiger charge is 2.26. The van der Waals surface area contributed by atoms with Crippen molar-refractivity contribution in [2.45, 2.75) is 26.3 Å². The van der Waals surface area contributed by atoms with Gasteiger partial charge in [0.1, 0.15) is 11.5 Å². The second-order valence-corrected chi connectivity index (χ2v) is 4.59. The van der Waals surface area contributed by atoms with E-state index in [2.05, 4.69) is 17.4 Å². The van der Waals surface area contributed by atoms with Crippen molar-refractivity contribution in [1.82, 2.24) is 10.5 Å². The van der Waals surface area contributed by atoms with Crippen molar-refractivity contribution in [3.8, 4) is 11.3 Å². The molecule has 0 radical (unpaired) electrons. The molecule has 0 spiro atoms. The van der Waals surface area contributed by atoms with E-state index >= 15 is 0 Å². The molecular weight excluding hydrogens is 231 g/mol. The van der Waals surface area contributed by atoms with E-state index in [1.165, 1.54) is 6.07 Å². The van der Waals surface area contributed by atoms with Gasteiger partial charge in [0, 0.05) is 24.1 Å². The summed E-state index contributed by atoms with van der Waals surface area (Å²) in [6.45, 7) is 3.80. The molecule has 0 bridgehead atoms. The summed E-state index contributed by atoms with van der Waals surface area (Å²) in [5.74, 6) is 0.607. The molecule has 0 saturated carbocycles. The second-order valence-electron chi connectivity index (χ2n) is 4.59. The van der Waals surface area contributed by atoms with Crippen molar-refractivity contribution in [2.75, 3.05) is 6.54 Å². The van der Waals surface area contributed by atoms with Gasteiger partial charge in [-0.15, -0.1) is 0 Å². The molecule has 3 nitrogen and oxygen atoms in total. The third-order valence-corrected chi connectivity index (χ3v) is 3.27. The van der Waals surface area contributed by atoms with E-state index in [9.17, 15) is 4.39 Å². The number of fused-ring (bicyclic) bond motifs is 3. The fourth-order valence-electron chi connectivity index (χ4n) is 2.38. The van der Waals surface area contributed by atoms with E-state index in [1.54, 1.807) is 12.1 Å². The Kier molecular flexibility index (Phi) is 2.88. The molecule has 1 aromatic carbocycles. The summed E-state index contributed by atoms with van der Waals surface area (Å²) in [5.41, 5.74) is 4.00. The minimum Gasteiger partial charge on any atom is -0.356 e. The van der Waals surface area contributed by atoms with Gasteiger partial charge in [0.15, 0.2) is 5.76 Å². The van der Waals surface area contributed by atoms with Gasteiger partial charge < -0.3 is 9.84 Å². The molecule has 94 valence electrons. The van der Waals surface area contributed by atoms with E-state index in [-0.39, 0.29) is 5.82 Å². The van der Waals surface area contributed by atoms with Crippen molar-refractivity contribution in [2.24, 2.45) is 0 Å². The van der Waals surface area contributed by atoms with Crippen molar-refractivity contribution >= 4 is 0 Å². The van der Waals surface area contributed by atoms with E-state index in [1.807, 2.05) is 0 Å². The molecule has 0 saturated heterocycles. The number of hydrogen-bond donors (Lipinski definition) is 1. The molecule has 1 N–H and O–H groups in total. The van der Waals surface area contributed by atoms with E-state index in [0.717, 1.165) is 47.5 Å². The fraction of sp³-hybridized carbons (Fsp3) is 0.357. The maximum Gasteiger partial charge on any atom is 0.170 e. The molecule has 1 aromatic heterocycles. The average molecular weight is 246 g/mol. The average Bonchev–Trinajstić information content (AvgIpc) is 2.88. The first-order chi connectivity index (χ1) is 8.79. The van der Waals surface area contributed by atoms with Crippen molar-refractivity contribution < 1.29 is 8.91 Å². The molecule has 18 heavy (non-hydrogen) atoms. The van der Waals surface area contributed by atoms with Crippen molar-refractivity contribution in [1.29, 1.82) is 0 Å². The third-order valence-electron chi connectivity index (χ3n) is 3.27. The first-order valence-corrected chi connectivity index (χ1v) is 6.26. The van der Waals surface area contributed by atoms with Gasteiger partial charge in [-0.1, -0.05) is 12.1 Å². The van der Waals surface area contributed by atoms with Crippen LogP contribution in [0.2, 0.25) is 0 Å². The van der Waals surface area contributed by atoms with Crippen LogP contribution in [0.3, 0.4) is 0 Å². The van der Waals surface area contributed by atoms with Gasteiger partial charge in [0.25, 0.3) is 0 Å². The maximum atomic E-state index is 13.2. The molecule has 1 heterocycles. The quantitative estimate of drug-likeness (QED) is 0.719. The summed E-state index contributed by atoms with van der Waals surface area (Å²) >= 11 is 0. The highest BCUT2D eigenvalue weighted by molar-refractivity contribution is 5.72. The Morgan fingerprint density at radius 2 is 2.33 bits per heavy atom. The van der Waals surface area contributed by atoms with Crippen LogP contribution in [0.4, 0.5) is 4.39 Å². The smallest absolute Gasteiger partial charge is 0.170 e. The molecule has 0 atom stereocenters. The lowest BCUT2D eigenvalue weighted by Gasteiger charge is -2.00. The van der Waals surface area contributed by atoms with Crippen LogP contribution in [-0.4, -0.2) is 11.7 Å². The Morgan fingerprint density at radius 3 is 3.17 bits per heavy atom. The monoisotopic (exact) mass is 246 g/mol. The number of aromatic nitrogens is 1. The van der Waals surface area contributed by atoms with Gasteiger partial charge in [-0.2, -0.15) is 0 Å². The number of nitrogens with zero attached hydrogens (tertiary/aromatic N) is 1. The number of hydrogen-bond acceptors (Lipinski definition) is 3. The van der Waals surface area contributed by atoms with E-state index in [0.29, 0.717) is 6.54 Å². The van der Waals surface area contributed by atoms with Crippen LogP contribution in [0.25, 0.3) is 11.3 Å². The van der Waals surface area contributed by atoms with Crippen molar-refractivity contribution in [3.05, 3.63) is 40.8 Å². The van der Waals surface area contributed by atoms with Crippen LogP contribution in [0.5, 0.6) is 0 Å². The minimum absolute atomic E-state index is 0.197. The second kappa shape index (κ2) is 4.53. The number of benzene rings is 1. The zero-order valence-electron chi connectivity index (χ0n) is 10.3. The zero-order valence-corrected chi connectivity index (χ0v) is 10.3. The lowest BCUT2D eigenvalue weighted by atomic mass is 10.1. The summed E-state index contributed by atoms with van der Waals surface area (Å²) in [6, 6.07) is 4.81. The molecule has 3 rings (SSSR count). The number of nitrogens with one attached hydrogen (secondary N) is 1. The molecule has 4 heteroatoms. The van der Waals surface area contributed by atoms with Gasteiger partial charge in [0.2, 0.25) is 0 Å². The van der Waals surface area contributed by atoms with Crippen LogP contribution in [0.1, 0.15) is 30.2 Å². The van der Waals surface area contributed by atoms with Gasteiger partial charge in [-0.3, -0.25) is 0 Å². The summed E-state index contributed by atoms with van der Waals surface area (Å²) in [4.78, 5) is 0. The molecule has 2 aromatic rings. The van der Waals surface area contributed by atoms with Crippen LogP contribution in [-0.2, 0) is 13.0 Å². The van der Waals surface area contributed by atoms with Crippen LogP contribution >= 0.6 is 0 Å². The molecule has 0 unspecified atom stereocenters. The fourth-order valence-corrected chi connectivity index (χ4v) is 2.38. The third kappa shape index (κ3) is 1.82. The zero-order chi connectivity index (χ0) is 12.5. The van der Waals surface area contributed by atoms with Gasteiger partial charge in [0.05, 0.1) is 0 Å². The van der Waals surface area contributed by atoms with E-state index in [4.69, 9.17) is 4.52 Å². The summed E-state index contributed by atoms with van der Waals surface area (Å²) < 4.78 is 18.6. The Bertz CT molecular complexity index is 577.